The van der Waals surface area contributed by atoms with E-state index in [2.05, 4.69) is 5.32 Å². The number of hydrogen-bond acceptors (Lipinski definition) is 4. The summed E-state index contributed by atoms with van der Waals surface area (Å²) in [6.07, 6.45) is 0.166. The Morgan fingerprint density at radius 2 is 2.32 bits per heavy atom. The minimum atomic E-state index is -0.284. The Labute approximate surface area is 129 Å². The summed E-state index contributed by atoms with van der Waals surface area (Å²) in [5.41, 5.74) is 0.775. The molecule has 2 unspecified atom stereocenters. The lowest BCUT2D eigenvalue weighted by Crippen LogP contribution is -2.48. The smallest absolute Gasteiger partial charge is 0.224 e. The van der Waals surface area contributed by atoms with E-state index in [1.54, 1.807) is 11.0 Å². The van der Waals surface area contributed by atoms with Gasteiger partial charge in [0.05, 0.1) is 26.4 Å². The Kier molecular flexibility index (Phi) is 5.02. The lowest BCUT2D eigenvalue weighted by atomic mass is 10.1. The van der Waals surface area contributed by atoms with Crippen molar-refractivity contribution in [3.63, 3.8) is 0 Å². The van der Waals surface area contributed by atoms with Crippen LogP contribution in [0.2, 0.25) is 0 Å². The third-order valence-corrected chi connectivity index (χ3v) is 4.06. The first-order valence-corrected chi connectivity index (χ1v) is 7.68. The van der Waals surface area contributed by atoms with Crippen LogP contribution in [0.25, 0.3) is 0 Å². The quantitative estimate of drug-likeness (QED) is 0.909. The number of morpholine rings is 2. The summed E-state index contributed by atoms with van der Waals surface area (Å²) in [5.74, 6) is -0.194. The molecule has 6 heteroatoms. The van der Waals surface area contributed by atoms with E-state index in [-0.39, 0.29) is 23.9 Å². The minimum absolute atomic E-state index is 0.0803. The molecule has 1 amide bonds. The topological polar surface area (TPSA) is 50.8 Å². The van der Waals surface area contributed by atoms with Crippen molar-refractivity contribution < 1.29 is 18.7 Å². The van der Waals surface area contributed by atoms with Crippen LogP contribution in [0.1, 0.15) is 18.1 Å². The van der Waals surface area contributed by atoms with Crippen LogP contribution < -0.4 is 5.32 Å². The number of ether oxygens (including phenoxy) is 2. The number of carbonyl (C=O) groups is 1. The highest BCUT2D eigenvalue weighted by atomic mass is 19.1. The minimum Gasteiger partial charge on any atom is -0.378 e. The van der Waals surface area contributed by atoms with E-state index >= 15 is 0 Å². The van der Waals surface area contributed by atoms with Gasteiger partial charge in [-0.05, 0) is 17.7 Å². The predicted molar refractivity (Wildman–Crippen MR) is 78.9 cm³/mol. The first-order chi connectivity index (χ1) is 10.7. The molecule has 2 heterocycles. The number of benzene rings is 1. The van der Waals surface area contributed by atoms with Gasteiger partial charge >= 0.3 is 0 Å². The molecule has 3 rings (SSSR count). The van der Waals surface area contributed by atoms with Crippen LogP contribution in [0.5, 0.6) is 0 Å². The van der Waals surface area contributed by atoms with Crippen molar-refractivity contribution in [1.82, 2.24) is 10.2 Å². The second-order valence-electron chi connectivity index (χ2n) is 5.68. The van der Waals surface area contributed by atoms with Crippen molar-refractivity contribution in [3.8, 4) is 0 Å². The molecule has 0 aromatic heterocycles. The Bertz CT molecular complexity index is 520. The van der Waals surface area contributed by atoms with E-state index in [9.17, 15) is 9.18 Å². The molecule has 2 fully saturated rings. The number of carbonyl (C=O) groups excluding carboxylic acids is 1. The highest BCUT2D eigenvalue weighted by Gasteiger charge is 2.27. The van der Waals surface area contributed by atoms with Gasteiger partial charge in [0.1, 0.15) is 11.9 Å². The van der Waals surface area contributed by atoms with Crippen LogP contribution in [0.3, 0.4) is 0 Å². The van der Waals surface area contributed by atoms with E-state index in [4.69, 9.17) is 9.47 Å². The third kappa shape index (κ3) is 3.82. The third-order valence-electron chi connectivity index (χ3n) is 4.06. The van der Waals surface area contributed by atoms with Crippen molar-refractivity contribution in [1.29, 1.82) is 0 Å². The largest absolute Gasteiger partial charge is 0.378 e. The lowest BCUT2D eigenvalue weighted by molar-refractivity contribution is -0.140. The number of hydrogen-bond donors (Lipinski definition) is 1. The zero-order valence-electron chi connectivity index (χ0n) is 12.5. The Balaban J connectivity index is 1.58. The van der Waals surface area contributed by atoms with Crippen molar-refractivity contribution in [2.24, 2.45) is 0 Å². The fraction of sp³-hybridized carbons (Fsp3) is 0.562. The van der Waals surface area contributed by atoms with Gasteiger partial charge < -0.3 is 19.7 Å². The maximum absolute atomic E-state index is 13.3. The van der Waals surface area contributed by atoms with Crippen molar-refractivity contribution >= 4 is 5.91 Å². The predicted octanol–water partition coefficient (Wildman–Crippen LogP) is 1.10. The number of nitrogens with zero attached hydrogens (tertiary/aromatic N) is 1. The van der Waals surface area contributed by atoms with Crippen LogP contribution in [-0.2, 0) is 14.3 Å². The van der Waals surface area contributed by atoms with Crippen LogP contribution in [0, 0.1) is 5.82 Å². The molecule has 2 aliphatic heterocycles. The number of amides is 1. The maximum Gasteiger partial charge on any atom is 0.224 e. The summed E-state index contributed by atoms with van der Waals surface area (Å²) in [6.45, 7) is 3.58. The zero-order valence-corrected chi connectivity index (χ0v) is 12.5. The summed E-state index contributed by atoms with van der Waals surface area (Å²) in [6, 6.07) is 6.45. The van der Waals surface area contributed by atoms with Crippen LogP contribution >= 0.6 is 0 Å². The SMILES string of the molecule is O=C(CC1COCCN1)N1CCOC(c2cccc(F)c2)C1. The van der Waals surface area contributed by atoms with Crippen molar-refractivity contribution in [2.75, 3.05) is 39.5 Å². The molecule has 2 saturated heterocycles. The van der Waals surface area contributed by atoms with Gasteiger partial charge in [0.2, 0.25) is 5.91 Å². The second-order valence-corrected chi connectivity index (χ2v) is 5.68. The molecule has 2 aliphatic rings. The number of nitrogens with one attached hydrogen (secondary N) is 1. The Morgan fingerprint density at radius 3 is 3.09 bits per heavy atom. The van der Waals surface area contributed by atoms with Gasteiger partial charge in [0.15, 0.2) is 0 Å². The molecule has 1 aromatic rings. The molecular weight excluding hydrogens is 287 g/mol. The monoisotopic (exact) mass is 308 g/mol. The van der Waals surface area contributed by atoms with Crippen LogP contribution in [0.15, 0.2) is 24.3 Å². The molecule has 0 saturated carbocycles. The zero-order chi connectivity index (χ0) is 15.4. The van der Waals surface area contributed by atoms with Gasteiger partial charge in [-0.25, -0.2) is 4.39 Å². The highest BCUT2D eigenvalue weighted by molar-refractivity contribution is 5.77. The maximum atomic E-state index is 13.3. The van der Waals surface area contributed by atoms with E-state index in [0.717, 1.165) is 12.1 Å². The van der Waals surface area contributed by atoms with Crippen molar-refractivity contribution in [3.05, 3.63) is 35.6 Å². The highest BCUT2D eigenvalue weighted by Crippen LogP contribution is 2.23. The van der Waals surface area contributed by atoms with Gasteiger partial charge in [0.25, 0.3) is 0 Å². The molecule has 1 N–H and O–H groups in total. The lowest BCUT2D eigenvalue weighted by Gasteiger charge is -2.34. The molecule has 0 radical (unpaired) electrons. The fourth-order valence-corrected chi connectivity index (χ4v) is 2.88. The molecule has 22 heavy (non-hydrogen) atoms. The first-order valence-electron chi connectivity index (χ1n) is 7.68. The van der Waals surface area contributed by atoms with Gasteiger partial charge in [-0.2, -0.15) is 0 Å². The normalized spacial score (nSPS) is 26.0. The van der Waals surface area contributed by atoms with Gasteiger partial charge in [0, 0.05) is 25.6 Å². The van der Waals surface area contributed by atoms with E-state index < -0.39 is 0 Å². The summed E-state index contributed by atoms with van der Waals surface area (Å²) in [5, 5.41) is 3.29. The average molecular weight is 308 g/mol. The molecule has 1 aromatic carbocycles. The Morgan fingerprint density at radius 1 is 1.41 bits per heavy atom. The summed E-state index contributed by atoms with van der Waals surface area (Å²) in [4.78, 5) is 14.2. The summed E-state index contributed by atoms with van der Waals surface area (Å²) < 4.78 is 24.4. The molecule has 2 atom stereocenters. The molecule has 120 valence electrons. The second kappa shape index (κ2) is 7.17. The van der Waals surface area contributed by atoms with E-state index in [0.29, 0.717) is 39.3 Å². The van der Waals surface area contributed by atoms with Crippen LogP contribution in [-0.4, -0.2) is 56.3 Å². The molecular formula is C16H21FN2O3. The van der Waals surface area contributed by atoms with E-state index in [1.807, 2.05) is 6.07 Å². The van der Waals surface area contributed by atoms with Crippen LogP contribution in [0.4, 0.5) is 4.39 Å². The van der Waals surface area contributed by atoms with Gasteiger partial charge in [-0.1, -0.05) is 12.1 Å². The Hall–Kier alpha value is -1.50. The average Bonchev–Trinajstić information content (AvgIpc) is 2.56. The fourth-order valence-electron chi connectivity index (χ4n) is 2.88. The molecule has 0 spiro atoms. The molecule has 5 nitrogen and oxygen atoms in total. The van der Waals surface area contributed by atoms with E-state index in [1.165, 1.54) is 12.1 Å². The molecule has 0 bridgehead atoms. The summed E-state index contributed by atoms with van der Waals surface area (Å²) in [7, 11) is 0. The van der Waals surface area contributed by atoms with Gasteiger partial charge in [-0.3, -0.25) is 4.79 Å². The van der Waals surface area contributed by atoms with Gasteiger partial charge in [-0.15, -0.1) is 0 Å². The number of halogens is 1. The first kappa shape index (κ1) is 15.4. The van der Waals surface area contributed by atoms with Crippen molar-refractivity contribution in [2.45, 2.75) is 18.6 Å². The standard InChI is InChI=1S/C16H21FN2O3/c17-13-3-1-2-12(8-13)15-10-19(5-7-22-15)16(20)9-14-11-21-6-4-18-14/h1-3,8,14-15,18H,4-7,9-11H2. The number of rotatable bonds is 3. The molecule has 0 aliphatic carbocycles. The summed E-state index contributed by atoms with van der Waals surface area (Å²) >= 11 is 0.